The number of anilines is 1. The molecule has 1 aromatic heterocycles. The second-order valence-electron chi connectivity index (χ2n) is 4.80. The lowest BCUT2D eigenvalue weighted by Gasteiger charge is -2.33. The topological polar surface area (TPSA) is 37.4 Å². The average Bonchev–Trinajstić information content (AvgIpc) is 2.42. The zero-order chi connectivity index (χ0) is 13.7. The number of rotatable bonds is 5. The third kappa shape index (κ3) is 3.42. The van der Waals surface area contributed by atoms with Crippen LogP contribution in [0.2, 0.25) is 0 Å². The predicted octanol–water partition coefficient (Wildman–Crippen LogP) is 1.95. The molecule has 5 heteroatoms. The van der Waals surface area contributed by atoms with Crippen LogP contribution in [0, 0.1) is 5.82 Å². The first-order valence-corrected chi connectivity index (χ1v) is 6.90. The summed E-state index contributed by atoms with van der Waals surface area (Å²) in [5.41, 5.74) is 0.658. The Morgan fingerprint density at radius 3 is 3.16 bits per heavy atom. The number of hydrogen-bond acceptors (Lipinski definition) is 4. The van der Waals surface area contributed by atoms with Crippen molar-refractivity contribution in [1.29, 1.82) is 0 Å². The molecule has 4 nitrogen and oxygen atoms in total. The van der Waals surface area contributed by atoms with E-state index in [0.29, 0.717) is 24.5 Å². The van der Waals surface area contributed by atoms with E-state index >= 15 is 0 Å². The van der Waals surface area contributed by atoms with Crippen molar-refractivity contribution in [2.24, 2.45) is 0 Å². The normalized spacial score (nSPS) is 19.7. The molecule has 1 fully saturated rings. The van der Waals surface area contributed by atoms with E-state index in [0.717, 1.165) is 25.9 Å². The van der Waals surface area contributed by atoms with Gasteiger partial charge in [0.2, 0.25) is 0 Å². The van der Waals surface area contributed by atoms with E-state index in [1.165, 1.54) is 0 Å². The summed E-state index contributed by atoms with van der Waals surface area (Å²) in [6.07, 6.45) is 3.92. The van der Waals surface area contributed by atoms with E-state index in [2.05, 4.69) is 10.3 Å². The lowest BCUT2D eigenvalue weighted by atomic mass is 10.1. The average molecular weight is 267 g/mol. The standard InChI is InChI=1S/C14H22FN3O/c1-3-19-12-5-4-8-18(10-12)14-13(15)11(9-16-2)6-7-17-14/h6-7,12,16H,3-5,8-10H2,1-2H3. The van der Waals surface area contributed by atoms with Crippen molar-refractivity contribution in [2.75, 3.05) is 31.6 Å². The van der Waals surface area contributed by atoms with Crippen LogP contribution in [0.4, 0.5) is 10.2 Å². The number of nitrogens with one attached hydrogen (secondary N) is 1. The Hall–Kier alpha value is -1.20. The highest BCUT2D eigenvalue weighted by molar-refractivity contribution is 5.43. The van der Waals surface area contributed by atoms with Crippen LogP contribution in [0.3, 0.4) is 0 Å². The Morgan fingerprint density at radius 2 is 2.42 bits per heavy atom. The smallest absolute Gasteiger partial charge is 0.170 e. The number of ether oxygens (including phenoxy) is 1. The van der Waals surface area contributed by atoms with Gasteiger partial charge < -0.3 is 15.0 Å². The van der Waals surface area contributed by atoms with E-state index < -0.39 is 0 Å². The zero-order valence-corrected chi connectivity index (χ0v) is 11.7. The van der Waals surface area contributed by atoms with Crippen molar-refractivity contribution in [1.82, 2.24) is 10.3 Å². The third-order valence-electron chi connectivity index (χ3n) is 3.40. The van der Waals surface area contributed by atoms with Crippen LogP contribution < -0.4 is 10.2 Å². The molecule has 0 saturated carbocycles. The molecule has 1 atom stereocenters. The van der Waals surface area contributed by atoms with Gasteiger partial charge in [0.15, 0.2) is 11.6 Å². The largest absolute Gasteiger partial charge is 0.377 e. The highest BCUT2D eigenvalue weighted by Crippen LogP contribution is 2.24. The molecule has 0 bridgehead atoms. The van der Waals surface area contributed by atoms with Gasteiger partial charge in [-0.3, -0.25) is 0 Å². The van der Waals surface area contributed by atoms with Gasteiger partial charge in [-0.1, -0.05) is 0 Å². The van der Waals surface area contributed by atoms with Gasteiger partial charge in [-0.2, -0.15) is 0 Å². The van der Waals surface area contributed by atoms with Crippen molar-refractivity contribution in [3.05, 3.63) is 23.6 Å². The summed E-state index contributed by atoms with van der Waals surface area (Å²) >= 11 is 0. The van der Waals surface area contributed by atoms with Gasteiger partial charge in [0.05, 0.1) is 6.10 Å². The molecular formula is C14H22FN3O. The van der Waals surface area contributed by atoms with Crippen LogP contribution in [0.5, 0.6) is 0 Å². The fourth-order valence-electron chi connectivity index (χ4n) is 2.52. The second kappa shape index (κ2) is 6.82. The Kier molecular flexibility index (Phi) is 5.10. The summed E-state index contributed by atoms with van der Waals surface area (Å²) in [6.45, 7) is 4.78. The molecule has 2 rings (SSSR count). The molecule has 106 valence electrons. The predicted molar refractivity (Wildman–Crippen MR) is 73.8 cm³/mol. The molecule has 1 aromatic rings. The maximum atomic E-state index is 14.4. The number of hydrogen-bond donors (Lipinski definition) is 1. The van der Waals surface area contributed by atoms with Gasteiger partial charge in [-0.15, -0.1) is 0 Å². The summed E-state index contributed by atoms with van der Waals surface area (Å²) < 4.78 is 20.0. The van der Waals surface area contributed by atoms with Crippen LogP contribution in [0.1, 0.15) is 25.3 Å². The second-order valence-corrected chi connectivity index (χ2v) is 4.80. The summed E-state index contributed by atoms with van der Waals surface area (Å²) in [5.74, 6) is 0.242. The SMILES string of the molecule is CCOC1CCCN(c2nccc(CNC)c2F)C1. The highest BCUT2D eigenvalue weighted by Gasteiger charge is 2.24. The van der Waals surface area contributed by atoms with Gasteiger partial charge in [-0.05, 0) is 32.9 Å². The number of halogens is 1. The molecule has 0 amide bonds. The minimum Gasteiger partial charge on any atom is -0.377 e. The molecule has 0 spiro atoms. The molecule has 1 unspecified atom stereocenters. The molecule has 1 N–H and O–H groups in total. The highest BCUT2D eigenvalue weighted by atomic mass is 19.1. The quantitative estimate of drug-likeness (QED) is 0.885. The van der Waals surface area contributed by atoms with E-state index in [4.69, 9.17) is 4.74 Å². The lowest BCUT2D eigenvalue weighted by molar-refractivity contribution is 0.0523. The molecule has 0 aromatic carbocycles. The van der Waals surface area contributed by atoms with E-state index in [9.17, 15) is 4.39 Å². The Bertz CT molecular complexity index is 412. The first kappa shape index (κ1) is 14.2. The van der Waals surface area contributed by atoms with Crippen molar-refractivity contribution in [3.8, 4) is 0 Å². The summed E-state index contributed by atoms with van der Waals surface area (Å²) in [7, 11) is 1.81. The summed E-state index contributed by atoms with van der Waals surface area (Å²) in [6, 6.07) is 1.72. The number of nitrogens with zero attached hydrogens (tertiary/aromatic N) is 2. The van der Waals surface area contributed by atoms with Crippen LogP contribution in [-0.4, -0.2) is 37.8 Å². The van der Waals surface area contributed by atoms with Gasteiger partial charge in [0.25, 0.3) is 0 Å². The molecule has 0 aliphatic carbocycles. The summed E-state index contributed by atoms with van der Waals surface area (Å²) in [4.78, 5) is 6.21. The Balaban J connectivity index is 2.14. The van der Waals surface area contributed by atoms with Gasteiger partial charge in [0.1, 0.15) is 0 Å². The fraction of sp³-hybridized carbons (Fsp3) is 0.643. The fourth-order valence-corrected chi connectivity index (χ4v) is 2.52. The molecule has 0 radical (unpaired) electrons. The first-order valence-electron chi connectivity index (χ1n) is 6.90. The Labute approximate surface area is 114 Å². The van der Waals surface area contributed by atoms with Crippen molar-refractivity contribution < 1.29 is 9.13 Å². The van der Waals surface area contributed by atoms with Gasteiger partial charge in [-0.25, -0.2) is 9.37 Å². The van der Waals surface area contributed by atoms with Crippen LogP contribution >= 0.6 is 0 Å². The van der Waals surface area contributed by atoms with Gasteiger partial charge >= 0.3 is 0 Å². The van der Waals surface area contributed by atoms with E-state index in [-0.39, 0.29) is 11.9 Å². The number of piperidine rings is 1. The number of pyridine rings is 1. The first-order chi connectivity index (χ1) is 9.26. The van der Waals surface area contributed by atoms with Crippen LogP contribution in [0.25, 0.3) is 0 Å². The molecule has 1 aliphatic rings. The lowest BCUT2D eigenvalue weighted by Crippen LogP contribution is -2.40. The van der Waals surface area contributed by atoms with Gasteiger partial charge in [0, 0.05) is 38.0 Å². The molecular weight excluding hydrogens is 245 g/mol. The minimum absolute atomic E-state index is 0.188. The monoisotopic (exact) mass is 267 g/mol. The zero-order valence-electron chi connectivity index (χ0n) is 11.7. The van der Waals surface area contributed by atoms with Crippen molar-refractivity contribution in [3.63, 3.8) is 0 Å². The van der Waals surface area contributed by atoms with Crippen LogP contribution in [-0.2, 0) is 11.3 Å². The third-order valence-corrected chi connectivity index (χ3v) is 3.40. The maximum absolute atomic E-state index is 14.4. The Morgan fingerprint density at radius 1 is 1.58 bits per heavy atom. The summed E-state index contributed by atoms with van der Waals surface area (Å²) in [5, 5.41) is 2.97. The molecule has 1 aliphatic heterocycles. The van der Waals surface area contributed by atoms with Crippen molar-refractivity contribution in [2.45, 2.75) is 32.4 Å². The molecule has 1 saturated heterocycles. The maximum Gasteiger partial charge on any atom is 0.170 e. The van der Waals surface area contributed by atoms with Crippen LogP contribution in [0.15, 0.2) is 12.3 Å². The minimum atomic E-state index is -0.214. The number of aromatic nitrogens is 1. The van der Waals surface area contributed by atoms with E-state index in [1.807, 2.05) is 18.9 Å². The van der Waals surface area contributed by atoms with Crippen molar-refractivity contribution >= 4 is 5.82 Å². The molecule has 19 heavy (non-hydrogen) atoms. The van der Waals surface area contributed by atoms with E-state index in [1.54, 1.807) is 12.3 Å². The molecule has 2 heterocycles.